The Kier molecular flexibility index (Phi) is 5.04. The predicted molar refractivity (Wildman–Crippen MR) is 59.4 cm³/mol. The highest BCUT2D eigenvalue weighted by Gasteiger charge is 2.46. The minimum absolute atomic E-state index is 0.415. The van der Waals surface area contributed by atoms with Gasteiger partial charge in [0.15, 0.2) is 0 Å². The van der Waals surface area contributed by atoms with Crippen LogP contribution in [0.3, 0.4) is 0 Å². The van der Waals surface area contributed by atoms with Gasteiger partial charge in [-0.3, -0.25) is 4.79 Å². The molecule has 0 saturated heterocycles. The van der Waals surface area contributed by atoms with Crippen molar-refractivity contribution in [2.75, 3.05) is 0 Å². The summed E-state index contributed by atoms with van der Waals surface area (Å²) in [6, 6.07) is 0. The number of carbonyl (C=O) groups excluding carboxylic acids is 1. The van der Waals surface area contributed by atoms with Gasteiger partial charge in [0.2, 0.25) is 0 Å². The van der Waals surface area contributed by atoms with E-state index in [0.29, 0.717) is 0 Å². The van der Waals surface area contributed by atoms with Crippen molar-refractivity contribution < 1.29 is 22.7 Å². The second kappa shape index (κ2) is 5.27. The van der Waals surface area contributed by atoms with Crippen molar-refractivity contribution in [3.63, 3.8) is 0 Å². The third-order valence-corrected chi connectivity index (χ3v) is 2.45. The fraction of sp³-hybridized carbons (Fsp3) is 0.917. The van der Waals surface area contributed by atoms with Crippen molar-refractivity contribution in [1.82, 2.24) is 0 Å². The van der Waals surface area contributed by atoms with Crippen LogP contribution in [-0.4, -0.2) is 17.7 Å². The topological polar surface area (TPSA) is 26.3 Å². The maximum atomic E-state index is 12.6. The Morgan fingerprint density at radius 1 is 1.06 bits per heavy atom. The van der Waals surface area contributed by atoms with E-state index in [0.717, 1.165) is 6.92 Å². The molecule has 2 nitrogen and oxygen atoms in total. The summed E-state index contributed by atoms with van der Waals surface area (Å²) in [6.45, 7) is 9.13. The summed E-state index contributed by atoms with van der Waals surface area (Å²) in [7, 11) is 0. The molecule has 2 atom stereocenters. The molecule has 2 unspecified atom stereocenters. The van der Waals surface area contributed by atoms with Gasteiger partial charge in [0, 0.05) is 0 Å². The minimum atomic E-state index is -4.38. The van der Waals surface area contributed by atoms with E-state index in [1.54, 1.807) is 34.6 Å². The van der Waals surface area contributed by atoms with Crippen LogP contribution in [0, 0.1) is 17.8 Å². The van der Waals surface area contributed by atoms with Crippen molar-refractivity contribution in [3.05, 3.63) is 0 Å². The van der Waals surface area contributed by atoms with E-state index >= 15 is 0 Å². The highest BCUT2D eigenvalue weighted by molar-refractivity contribution is 5.73. The van der Waals surface area contributed by atoms with E-state index in [-0.39, 0.29) is 0 Å². The number of ether oxygens (including phenoxy) is 1. The number of hydrogen-bond acceptors (Lipinski definition) is 2. The first-order valence-corrected chi connectivity index (χ1v) is 5.66. The highest BCUT2D eigenvalue weighted by Crippen LogP contribution is 2.36. The zero-order chi connectivity index (χ0) is 14.0. The average molecular weight is 254 g/mol. The van der Waals surface area contributed by atoms with Gasteiger partial charge in [0.05, 0.1) is 11.8 Å². The summed E-state index contributed by atoms with van der Waals surface area (Å²) in [4.78, 5) is 11.8. The first-order valence-electron chi connectivity index (χ1n) is 5.66. The van der Waals surface area contributed by atoms with Gasteiger partial charge < -0.3 is 4.74 Å². The van der Waals surface area contributed by atoms with Gasteiger partial charge in [-0.05, 0) is 26.7 Å². The minimum Gasteiger partial charge on any atom is -0.460 e. The number of hydrogen-bond donors (Lipinski definition) is 0. The lowest BCUT2D eigenvalue weighted by Gasteiger charge is -2.30. The molecule has 0 aliphatic rings. The Morgan fingerprint density at radius 2 is 1.47 bits per heavy atom. The van der Waals surface area contributed by atoms with Gasteiger partial charge in [-0.2, -0.15) is 13.2 Å². The fourth-order valence-corrected chi connectivity index (χ4v) is 1.63. The lowest BCUT2D eigenvalue weighted by molar-refractivity contribution is -0.202. The smallest absolute Gasteiger partial charge is 0.392 e. The van der Waals surface area contributed by atoms with Crippen molar-refractivity contribution in [2.45, 2.75) is 53.3 Å². The second-order valence-electron chi connectivity index (χ2n) is 5.63. The summed E-state index contributed by atoms with van der Waals surface area (Å²) < 4.78 is 43.0. The normalized spacial score (nSPS) is 16.8. The molecule has 0 saturated carbocycles. The van der Waals surface area contributed by atoms with E-state index < -0.39 is 35.5 Å². The quantitative estimate of drug-likeness (QED) is 0.716. The van der Waals surface area contributed by atoms with Crippen molar-refractivity contribution in [3.8, 4) is 0 Å². The van der Waals surface area contributed by atoms with Crippen LogP contribution in [0.25, 0.3) is 0 Å². The zero-order valence-corrected chi connectivity index (χ0v) is 11.2. The molecule has 0 N–H and O–H groups in total. The summed E-state index contributed by atoms with van der Waals surface area (Å²) >= 11 is 0. The molecule has 102 valence electrons. The predicted octanol–water partition coefficient (Wildman–Crippen LogP) is 3.80. The van der Waals surface area contributed by atoms with E-state index in [9.17, 15) is 18.0 Å². The van der Waals surface area contributed by atoms with E-state index in [1.807, 2.05) is 0 Å². The van der Waals surface area contributed by atoms with Gasteiger partial charge in [0.1, 0.15) is 5.60 Å². The molecule has 0 aromatic carbocycles. The lowest BCUT2D eigenvalue weighted by atomic mass is 9.84. The second-order valence-corrected chi connectivity index (χ2v) is 5.63. The Hall–Kier alpha value is -0.740. The highest BCUT2D eigenvalue weighted by atomic mass is 19.4. The molecule has 0 fully saturated rings. The van der Waals surface area contributed by atoms with E-state index in [4.69, 9.17) is 4.74 Å². The van der Waals surface area contributed by atoms with Crippen molar-refractivity contribution >= 4 is 5.97 Å². The lowest BCUT2D eigenvalue weighted by Crippen LogP contribution is -2.39. The molecule has 0 aromatic rings. The summed E-state index contributed by atoms with van der Waals surface area (Å²) in [5.41, 5.74) is -0.768. The number of halogens is 3. The molecule has 0 radical (unpaired) electrons. The maximum absolute atomic E-state index is 12.6. The molecule has 0 spiro atoms. The largest absolute Gasteiger partial charge is 0.460 e. The molecular weight excluding hydrogens is 233 g/mol. The SMILES string of the molecule is CC(C)C(C(=O)OC(C)(C)C)C(C)C(F)(F)F. The number of esters is 1. The van der Waals surface area contributed by atoms with Crippen LogP contribution < -0.4 is 0 Å². The number of alkyl halides is 3. The van der Waals surface area contributed by atoms with Crippen LogP contribution in [0.2, 0.25) is 0 Å². The molecule has 0 aliphatic carbocycles. The van der Waals surface area contributed by atoms with Gasteiger partial charge in [-0.15, -0.1) is 0 Å². The van der Waals surface area contributed by atoms with Crippen LogP contribution in [0.1, 0.15) is 41.5 Å². The van der Waals surface area contributed by atoms with Crippen LogP contribution in [0.5, 0.6) is 0 Å². The first kappa shape index (κ1) is 16.3. The third-order valence-electron chi connectivity index (χ3n) is 2.45. The van der Waals surface area contributed by atoms with Gasteiger partial charge >= 0.3 is 12.1 Å². The Labute approximate surface area is 101 Å². The number of carbonyl (C=O) groups is 1. The molecule has 0 amide bonds. The molecule has 17 heavy (non-hydrogen) atoms. The molecule has 0 aliphatic heterocycles. The Balaban J connectivity index is 4.94. The Morgan fingerprint density at radius 3 is 1.71 bits per heavy atom. The average Bonchev–Trinajstić information content (AvgIpc) is 1.97. The molecule has 0 heterocycles. The van der Waals surface area contributed by atoms with E-state index in [1.165, 1.54) is 0 Å². The third kappa shape index (κ3) is 5.41. The van der Waals surface area contributed by atoms with Crippen molar-refractivity contribution in [1.29, 1.82) is 0 Å². The van der Waals surface area contributed by atoms with Gasteiger partial charge in [0.25, 0.3) is 0 Å². The van der Waals surface area contributed by atoms with Crippen molar-refractivity contribution in [2.24, 2.45) is 17.8 Å². The number of rotatable bonds is 3. The molecule has 0 aromatic heterocycles. The molecule has 5 heteroatoms. The van der Waals surface area contributed by atoms with Crippen LogP contribution in [0.15, 0.2) is 0 Å². The summed E-state index contributed by atoms with van der Waals surface area (Å²) in [5, 5.41) is 0. The molecular formula is C12H21F3O2. The molecule has 0 bridgehead atoms. The molecule has 0 rings (SSSR count). The standard InChI is InChI=1S/C12H21F3O2/c1-7(2)9(8(3)12(13,14)15)10(16)17-11(4,5)6/h7-9H,1-6H3. The van der Waals surface area contributed by atoms with Gasteiger partial charge in [-0.1, -0.05) is 20.8 Å². The van der Waals surface area contributed by atoms with Gasteiger partial charge in [-0.25, -0.2) is 0 Å². The van der Waals surface area contributed by atoms with E-state index in [2.05, 4.69) is 0 Å². The first-order chi connectivity index (χ1) is 7.36. The fourth-order valence-electron chi connectivity index (χ4n) is 1.63. The maximum Gasteiger partial charge on any atom is 0.392 e. The summed E-state index contributed by atoms with van der Waals surface area (Å²) in [6.07, 6.45) is -4.38. The monoisotopic (exact) mass is 254 g/mol. The van der Waals surface area contributed by atoms with Crippen LogP contribution in [0.4, 0.5) is 13.2 Å². The van der Waals surface area contributed by atoms with Crippen LogP contribution in [-0.2, 0) is 9.53 Å². The zero-order valence-electron chi connectivity index (χ0n) is 11.2. The summed E-state index contributed by atoms with van der Waals surface area (Å²) in [5.74, 6) is -4.05. The van der Waals surface area contributed by atoms with Crippen LogP contribution >= 0.6 is 0 Å². The Bertz CT molecular complexity index is 264.